The maximum Gasteiger partial charge on any atom is 0.191 e. The van der Waals surface area contributed by atoms with E-state index in [-0.39, 0.29) is 24.0 Å². The second kappa shape index (κ2) is 11.5. The van der Waals surface area contributed by atoms with Crippen molar-refractivity contribution in [2.45, 2.75) is 29.4 Å². The molecule has 1 aliphatic carbocycles. The number of rotatable bonds is 8. The number of nitrogens with zero attached hydrogens (tertiary/aromatic N) is 2. The highest BCUT2D eigenvalue weighted by Gasteiger charge is 2.43. The first kappa shape index (κ1) is 22.8. The van der Waals surface area contributed by atoms with Gasteiger partial charge in [0.25, 0.3) is 0 Å². The van der Waals surface area contributed by atoms with Crippen molar-refractivity contribution in [1.29, 1.82) is 0 Å². The van der Waals surface area contributed by atoms with Gasteiger partial charge in [0, 0.05) is 49.4 Å². The zero-order valence-electron chi connectivity index (χ0n) is 16.4. The Hall–Kier alpha value is -0.510. The fourth-order valence-electron chi connectivity index (χ4n) is 3.22. The van der Waals surface area contributed by atoms with Gasteiger partial charge >= 0.3 is 0 Å². The van der Waals surface area contributed by atoms with Gasteiger partial charge in [-0.3, -0.25) is 9.89 Å². The van der Waals surface area contributed by atoms with Crippen LogP contribution in [0.15, 0.2) is 40.2 Å². The number of morpholine rings is 1. The van der Waals surface area contributed by atoms with E-state index in [1.165, 1.54) is 17.7 Å². The van der Waals surface area contributed by atoms with E-state index in [1.807, 2.05) is 18.8 Å². The Labute approximate surface area is 185 Å². The quantitative estimate of drug-likeness (QED) is 0.324. The van der Waals surface area contributed by atoms with Crippen LogP contribution in [0.5, 0.6) is 0 Å². The third-order valence-corrected chi connectivity index (χ3v) is 6.47. The second-order valence-corrected chi connectivity index (χ2v) is 8.96. The molecule has 0 amide bonds. The van der Waals surface area contributed by atoms with Crippen molar-refractivity contribution >= 4 is 41.7 Å². The molecule has 0 radical (unpaired) electrons. The SMILES string of the molecule is CN=C(NCC(C)CN1CCOCC1)NCC1(Sc2ccccc2)CC1.I. The van der Waals surface area contributed by atoms with Gasteiger partial charge in [0.05, 0.1) is 13.2 Å². The van der Waals surface area contributed by atoms with E-state index in [4.69, 9.17) is 4.74 Å². The first-order valence-electron chi connectivity index (χ1n) is 9.68. The minimum atomic E-state index is 0. The summed E-state index contributed by atoms with van der Waals surface area (Å²) in [6.45, 7) is 9.15. The molecule has 1 unspecified atom stereocenters. The maximum absolute atomic E-state index is 5.42. The zero-order chi connectivity index (χ0) is 18.2. The normalized spacial score (nSPS) is 20.4. The van der Waals surface area contributed by atoms with Crippen LogP contribution >= 0.6 is 35.7 Å². The summed E-state index contributed by atoms with van der Waals surface area (Å²) in [5.41, 5.74) is 0. The minimum absolute atomic E-state index is 0. The molecule has 152 valence electrons. The summed E-state index contributed by atoms with van der Waals surface area (Å²) in [7, 11) is 1.85. The van der Waals surface area contributed by atoms with Crippen LogP contribution in [0.2, 0.25) is 0 Å². The van der Waals surface area contributed by atoms with Crippen molar-refractivity contribution in [3.05, 3.63) is 30.3 Å². The average Bonchev–Trinajstić information content (AvgIpc) is 3.43. The number of hydrogen-bond acceptors (Lipinski definition) is 4. The molecule has 2 aliphatic rings. The van der Waals surface area contributed by atoms with Crippen molar-refractivity contribution in [2.24, 2.45) is 10.9 Å². The minimum Gasteiger partial charge on any atom is -0.379 e. The van der Waals surface area contributed by atoms with Crippen molar-refractivity contribution in [2.75, 3.05) is 53.0 Å². The Balaban J connectivity index is 0.00000261. The molecule has 0 bridgehead atoms. The summed E-state index contributed by atoms with van der Waals surface area (Å²) >= 11 is 1.99. The van der Waals surface area contributed by atoms with Crippen molar-refractivity contribution in [3.63, 3.8) is 0 Å². The van der Waals surface area contributed by atoms with Crippen LogP contribution in [0.4, 0.5) is 0 Å². The van der Waals surface area contributed by atoms with Crippen LogP contribution < -0.4 is 10.6 Å². The molecule has 1 atom stereocenters. The lowest BCUT2D eigenvalue weighted by atomic mass is 10.1. The Morgan fingerprint density at radius 2 is 1.93 bits per heavy atom. The van der Waals surface area contributed by atoms with Crippen LogP contribution in [0.3, 0.4) is 0 Å². The van der Waals surface area contributed by atoms with Crippen molar-refractivity contribution in [3.8, 4) is 0 Å². The van der Waals surface area contributed by atoms with Gasteiger partial charge in [-0.15, -0.1) is 35.7 Å². The number of halogens is 1. The summed E-state index contributed by atoms with van der Waals surface area (Å²) < 4.78 is 5.75. The van der Waals surface area contributed by atoms with E-state index < -0.39 is 0 Å². The molecule has 27 heavy (non-hydrogen) atoms. The predicted octanol–water partition coefficient (Wildman–Crippen LogP) is 3.06. The lowest BCUT2D eigenvalue weighted by Crippen LogP contribution is -2.45. The standard InChI is InChI=1S/C20H32N4OS.HI/c1-17(15-24-10-12-25-13-11-24)14-22-19(21-2)23-16-20(8-9-20)26-18-6-4-3-5-7-18;/h3-7,17H,8-16H2,1-2H3,(H2,21,22,23);1H. The highest BCUT2D eigenvalue weighted by Crippen LogP contribution is 2.51. The van der Waals surface area contributed by atoms with Crippen molar-refractivity contribution in [1.82, 2.24) is 15.5 Å². The van der Waals surface area contributed by atoms with Crippen LogP contribution in [0.25, 0.3) is 0 Å². The third kappa shape index (κ3) is 7.79. The number of nitrogens with one attached hydrogen (secondary N) is 2. The van der Waals surface area contributed by atoms with E-state index in [2.05, 4.69) is 57.8 Å². The number of aliphatic imine (C=N–C) groups is 1. The van der Waals surface area contributed by atoms with Gasteiger partial charge in [-0.1, -0.05) is 25.1 Å². The van der Waals surface area contributed by atoms with Gasteiger partial charge in [-0.05, 0) is 30.9 Å². The highest BCUT2D eigenvalue weighted by molar-refractivity contribution is 14.0. The van der Waals surface area contributed by atoms with Gasteiger partial charge < -0.3 is 15.4 Å². The van der Waals surface area contributed by atoms with E-state index in [9.17, 15) is 0 Å². The number of guanidine groups is 1. The largest absolute Gasteiger partial charge is 0.379 e. The van der Waals surface area contributed by atoms with E-state index in [1.54, 1.807) is 0 Å². The molecular formula is C20H33IN4OS. The molecular weight excluding hydrogens is 471 g/mol. The molecule has 0 aromatic heterocycles. The molecule has 3 rings (SSSR count). The van der Waals surface area contributed by atoms with Gasteiger partial charge in [0.15, 0.2) is 5.96 Å². The van der Waals surface area contributed by atoms with Crippen molar-refractivity contribution < 1.29 is 4.74 Å². The fourth-order valence-corrected chi connectivity index (χ4v) is 4.46. The Morgan fingerprint density at radius 1 is 1.22 bits per heavy atom. The molecule has 1 heterocycles. The summed E-state index contributed by atoms with van der Waals surface area (Å²) in [5, 5.41) is 7.03. The molecule has 1 saturated carbocycles. The van der Waals surface area contributed by atoms with Gasteiger partial charge in [0.2, 0.25) is 0 Å². The van der Waals surface area contributed by atoms with Crippen LogP contribution in [-0.4, -0.2) is 68.6 Å². The number of thioether (sulfide) groups is 1. The fraction of sp³-hybridized carbons (Fsp3) is 0.650. The van der Waals surface area contributed by atoms with Gasteiger partial charge in [-0.25, -0.2) is 0 Å². The van der Waals surface area contributed by atoms with Gasteiger partial charge in [-0.2, -0.15) is 0 Å². The summed E-state index contributed by atoms with van der Waals surface area (Å²) in [5.74, 6) is 1.50. The number of benzene rings is 1. The first-order valence-corrected chi connectivity index (χ1v) is 10.5. The van der Waals surface area contributed by atoms with E-state index >= 15 is 0 Å². The Morgan fingerprint density at radius 3 is 2.56 bits per heavy atom. The first-order chi connectivity index (χ1) is 12.7. The van der Waals surface area contributed by atoms with Crippen LogP contribution in [0, 0.1) is 5.92 Å². The Kier molecular flexibility index (Phi) is 9.69. The molecule has 0 spiro atoms. The molecule has 2 N–H and O–H groups in total. The third-order valence-electron chi connectivity index (χ3n) is 4.98. The summed E-state index contributed by atoms with van der Waals surface area (Å²) in [6.07, 6.45) is 2.54. The molecule has 1 saturated heterocycles. The second-order valence-electron chi connectivity index (χ2n) is 7.42. The van der Waals surface area contributed by atoms with Crippen LogP contribution in [-0.2, 0) is 4.74 Å². The molecule has 1 aromatic carbocycles. The smallest absolute Gasteiger partial charge is 0.191 e. The molecule has 2 fully saturated rings. The predicted molar refractivity (Wildman–Crippen MR) is 125 cm³/mol. The molecule has 7 heteroatoms. The molecule has 1 aromatic rings. The number of ether oxygens (including phenoxy) is 1. The summed E-state index contributed by atoms with van der Waals surface area (Å²) in [6, 6.07) is 10.7. The monoisotopic (exact) mass is 504 g/mol. The molecule has 1 aliphatic heterocycles. The Bertz CT molecular complexity index is 577. The van der Waals surface area contributed by atoms with E-state index in [0.29, 0.717) is 10.7 Å². The lowest BCUT2D eigenvalue weighted by Gasteiger charge is -2.29. The topological polar surface area (TPSA) is 48.9 Å². The maximum atomic E-state index is 5.42. The summed E-state index contributed by atoms with van der Waals surface area (Å²) in [4.78, 5) is 8.24. The number of hydrogen-bond donors (Lipinski definition) is 2. The van der Waals surface area contributed by atoms with Crippen LogP contribution in [0.1, 0.15) is 19.8 Å². The zero-order valence-corrected chi connectivity index (χ0v) is 19.6. The average molecular weight is 504 g/mol. The highest BCUT2D eigenvalue weighted by atomic mass is 127. The lowest BCUT2D eigenvalue weighted by molar-refractivity contribution is 0.0320. The van der Waals surface area contributed by atoms with E-state index in [0.717, 1.165) is 51.9 Å². The van der Waals surface area contributed by atoms with Gasteiger partial charge in [0.1, 0.15) is 0 Å². The molecule has 5 nitrogen and oxygen atoms in total.